The van der Waals surface area contributed by atoms with Crippen LogP contribution in [0.25, 0.3) is 0 Å². The maximum atomic E-state index is 11.8. The lowest BCUT2D eigenvalue weighted by molar-refractivity contribution is -0.125. The minimum atomic E-state index is -4.07. The predicted octanol–water partition coefficient (Wildman–Crippen LogP) is 2.96. The van der Waals surface area contributed by atoms with Crippen LogP contribution in [0.3, 0.4) is 0 Å². The van der Waals surface area contributed by atoms with Gasteiger partial charge < -0.3 is 5.32 Å². The lowest BCUT2D eigenvalue weighted by Gasteiger charge is -2.26. The van der Waals surface area contributed by atoms with Gasteiger partial charge in [0.25, 0.3) is 0 Å². The number of halogens is 3. The molecule has 1 aliphatic carbocycles. The molecule has 1 nitrogen and oxygen atoms in total. The largest absolute Gasteiger partial charge is 0.401 e. The molecule has 1 rings (SSSR count). The van der Waals surface area contributed by atoms with Gasteiger partial charge in [0.05, 0.1) is 6.54 Å². The molecule has 1 aliphatic rings. The van der Waals surface area contributed by atoms with Crippen molar-refractivity contribution in [2.45, 2.75) is 38.8 Å². The third-order valence-electron chi connectivity index (χ3n) is 2.89. The Hall–Kier alpha value is -0.250. The summed E-state index contributed by atoms with van der Waals surface area (Å²) in [6, 6.07) is 0. The van der Waals surface area contributed by atoms with Crippen LogP contribution in [-0.4, -0.2) is 19.3 Å². The Morgan fingerprint density at radius 3 is 2.21 bits per heavy atom. The van der Waals surface area contributed by atoms with E-state index in [1.54, 1.807) is 0 Å². The number of hydrogen-bond acceptors (Lipinski definition) is 1. The Morgan fingerprint density at radius 2 is 1.71 bits per heavy atom. The van der Waals surface area contributed by atoms with E-state index in [2.05, 4.69) is 12.2 Å². The number of rotatable bonds is 3. The molecular formula is C10H18F3N. The summed E-state index contributed by atoms with van der Waals surface area (Å²) in [5.74, 6) is 1.21. The lowest BCUT2D eigenvalue weighted by Crippen LogP contribution is -2.33. The molecule has 1 N–H and O–H groups in total. The Labute approximate surface area is 83.1 Å². The van der Waals surface area contributed by atoms with Gasteiger partial charge in [0.2, 0.25) is 0 Å². The molecule has 0 atom stereocenters. The Bertz CT molecular complexity index is 159. The molecule has 14 heavy (non-hydrogen) atoms. The normalized spacial score (nSPS) is 29.1. The molecule has 0 spiro atoms. The monoisotopic (exact) mass is 209 g/mol. The molecule has 0 bridgehead atoms. The van der Waals surface area contributed by atoms with Gasteiger partial charge >= 0.3 is 6.18 Å². The van der Waals surface area contributed by atoms with Crippen LogP contribution in [0.2, 0.25) is 0 Å². The molecule has 0 aromatic rings. The second-order valence-corrected chi connectivity index (χ2v) is 4.37. The van der Waals surface area contributed by atoms with E-state index in [0.29, 0.717) is 12.5 Å². The van der Waals surface area contributed by atoms with Crippen LogP contribution in [0.1, 0.15) is 32.6 Å². The third-order valence-corrected chi connectivity index (χ3v) is 2.89. The summed E-state index contributed by atoms with van der Waals surface area (Å²) < 4.78 is 35.4. The molecule has 4 heteroatoms. The Balaban J connectivity index is 2.08. The second kappa shape index (κ2) is 5.01. The molecule has 84 valence electrons. The highest BCUT2D eigenvalue weighted by Gasteiger charge is 2.27. The third kappa shape index (κ3) is 4.84. The van der Waals surface area contributed by atoms with Crippen LogP contribution in [0.15, 0.2) is 0 Å². The van der Waals surface area contributed by atoms with Gasteiger partial charge in [-0.3, -0.25) is 0 Å². The first kappa shape index (κ1) is 11.8. The van der Waals surface area contributed by atoms with E-state index >= 15 is 0 Å². The first-order valence-corrected chi connectivity index (χ1v) is 5.25. The maximum Gasteiger partial charge on any atom is 0.401 e. The number of hydrogen-bond donors (Lipinski definition) is 1. The van der Waals surface area contributed by atoms with E-state index in [1.807, 2.05) is 0 Å². The molecule has 0 aromatic carbocycles. The second-order valence-electron chi connectivity index (χ2n) is 4.37. The van der Waals surface area contributed by atoms with E-state index in [0.717, 1.165) is 18.8 Å². The van der Waals surface area contributed by atoms with Gasteiger partial charge in [0.1, 0.15) is 0 Å². The van der Waals surface area contributed by atoms with Crippen molar-refractivity contribution in [2.75, 3.05) is 13.1 Å². The average molecular weight is 209 g/mol. The van der Waals surface area contributed by atoms with Crippen molar-refractivity contribution in [3.05, 3.63) is 0 Å². The van der Waals surface area contributed by atoms with Crippen LogP contribution >= 0.6 is 0 Å². The fourth-order valence-electron chi connectivity index (χ4n) is 1.95. The molecule has 0 radical (unpaired) electrons. The molecule has 0 aliphatic heterocycles. The number of nitrogens with one attached hydrogen (secondary N) is 1. The summed E-state index contributed by atoms with van der Waals surface area (Å²) in [6.07, 6.45) is 0.413. The zero-order valence-corrected chi connectivity index (χ0v) is 8.53. The van der Waals surface area contributed by atoms with Gasteiger partial charge in [-0.05, 0) is 31.2 Å². The van der Waals surface area contributed by atoms with E-state index < -0.39 is 12.7 Å². The minimum absolute atomic E-state index is 0.452. The topological polar surface area (TPSA) is 12.0 Å². The summed E-state index contributed by atoms with van der Waals surface area (Å²) in [5, 5.41) is 2.48. The summed E-state index contributed by atoms with van der Waals surface area (Å²) in [6.45, 7) is 1.88. The van der Waals surface area contributed by atoms with Crippen molar-refractivity contribution in [3.8, 4) is 0 Å². The van der Waals surface area contributed by atoms with Crippen LogP contribution in [0, 0.1) is 11.8 Å². The van der Waals surface area contributed by atoms with Crippen molar-refractivity contribution in [1.29, 1.82) is 0 Å². The van der Waals surface area contributed by atoms with Gasteiger partial charge in [-0.2, -0.15) is 13.2 Å². The quantitative estimate of drug-likeness (QED) is 0.753. The molecular weight excluding hydrogens is 191 g/mol. The van der Waals surface area contributed by atoms with Gasteiger partial charge in [-0.25, -0.2) is 0 Å². The lowest BCUT2D eigenvalue weighted by atomic mass is 9.83. The standard InChI is InChI=1S/C10H18F3N/c1-8-2-4-9(5-3-8)6-14-7-10(11,12)13/h8-9,14H,2-7H2,1H3/t8-,9-. The SMILES string of the molecule is C[C@H]1CC[C@H](CNCC(F)(F)F)CC1. The van der Waals surface area contributed by atoms with Crippen molar-refractivity contribution in [2.24, 2.45) is 11.8 Å². The minimum Gasteiger partial charge on any atom is -0.308 e. The summed E-state index contributed by atoms with van der Waals surface area (Å²) in [5.41, 5.74) is 0. The van der Waals surface area contributed by atoms with Gasteiger partial charge in [0.15, 0.2) is 0 Å². The summed E-state index contributed by atoms with van der Waals surface area (Å²) in [4.78, 5) is 0. The molecule has 0 aromatic heterocycles. The number of alkyl halides is 3. The van der Waals surface area contributed by atoms with Crippen LogP contribution in [0.4, 0.5) is 13.2 Å². The molecule has 0 heterocycles. The average Bonchev–Trinajstić information content (AvgIpc) is 2.06. The fraction of sp³-hybridized carbons (Fsp3) is 1.00. The molecule has 0 unspecified atom stereocenters. The predicted molar refractivity (Wildman–Crippen MR) is 50.0 cm³/mol. The van der Waals surface area contributed by atoms with Crippen molar-refractivity contribution >= 4 is 0 Å². The highest BCUT2D eigenvalue weighted by molar-refractivity contribution is 4.72. The van der Waals surface area contributed by atoms with E-state index in [-0.39, 0.29) is 0 Å². The molecule has 0 amide bonds. The van der Waals surface area contributed by atoms with Crippen molar-refractivity contribution < 1.29 is 13.2 Å². The maximum absolute atomic E-state index is 11.8. The van der Waals surface area contributed by atoms with E-state index in [9.17, 15) is 13.2 Å². The zero-order valence-electron chi connectivity index (χ0n) is 8.53. The van der Waals surface area contributed by atoms with Gasteiger partial charge in [-0.15, -0.1) is 0 Å². The van der Waals surface area contributed by atoms with E-state index in [4.69, 9.17) is 0 Å². The highest BCUT2D eigenvalue weighted by atomic mass is 19.4. The first-order valence-electron chi connectivity index (χ1n) is 5.25. The summed E-state index contributed by atoms with van der Waals surface area (Å²) in [7, 11) is 0. The Morgan fingerprint density at radius 1 is 1.14 bits per heavy atom. The van der Waals surface area contributed by atoms with Crippen molar-refractivity contribution in [1.82, 2.24) is 5.32 Å². The van der Waals surface area contributed by atoms with Crippen LogP contribution in [-0.2, 0) is 0 Å². The molecule has 1 fully saturated rings. The molecule has 1 saturated carbocycles. The van der Waals surface area contributed by atoms with Crippen LogP contribution in [0.5, 0.6) is 0 Å². The van der Waals surface area contributed by atoms with Gasteiger partial charge in [0, 0.05) is 0 Å². The first-order chi connectivity index (χ1) is 6.47. The van der Waals surface area contributed by atoms with Crippen molar-refractivity contribution in [3.63, 3.8) is 0 Å². The smallest absolute Gasteiger partial charge is 0.308 e. The fourth-order valence-corrected chi connectivity index (χ4v) is 1.95. The van der Waals surface area contributed by atoms with Gasteiger partial charge in [-0.1, -0.05) is 19.8 Å². The highest BCUT2D eigenvalue weighted by Crippen LogP contribution is 2.27. The Kier molecular flexibility index (Phi) is 4.23. The summed E-state index contributed by atoms with van der Waals surface area (Å²) >= 11 is 0. The van der Waals surface area contributed by atoms with E-state index in [1.165, 1.54) is 12.8 Å². The van der Waals surface area contributed by atoms with Crippen LogP contribution < -0.4 is 5.32 Å². The zero-order chi connectivity index (χ0) is 10.6. The molecule has 0 saturated heterocycles.